The zero-order chi connectivity index (χ0) is 10.7. The van der Waals surface area contributed by atoms with Crippen molar-refractivity contribution in [3.8, 4) is 6.07 Å². The Morgan fingerprint density at radius 2 is 2.27 bits per heavy atom. The number of nitrogens with one attached hydrogen (secondary N) is 1. The maximum absolute atomic E-state index is 8.84. The van der Waals surface area contributed by atoms with Crippen LogP contribution in [0.2, 0.25) is 0 Å². The fourth-order valence-corrected chi connectivity index (χ4v) is 3.06. The summed E-state index contributed by atoms with van der Waals surface area (Å²) in [6.45, 7) is 2.17. The first-order valence-corrected chi connectivity index (χ1v) is 6.06. The normalized spacial score (nSPS) is 30.0. The van der Waals surface area contributed by atoms with Gasteiger partial charge >= 0.3 is 0 Å². The van der Waals surface area contributed by atoms with Crippen LogP contribution in [0.1, 0.15) is 12.5 Å². The summed E-state index contributed by atoms with van der Waals surface area (Å²) in [7, 11) is 0. The van der Waals surface area contributed by atoms with Crippen LogP contribution < -0.4 is 5.32 Å². The quantitative estimate of drug-likeness (QED) is 0.826. The first-order valence-electron chi connectivity index (χ1n) is 5.07. The van der Waals surface area contributed by atoms with E-state index in [0.717, 1.165) is 12.2 Å². The molecule has 0 aromatic heterocycles. The third-order valence-electron chi connectivity index (χ3n) is 2.59. The second kappa shape index (κ2) is 4.26. The topological polar surface area (TPSA) is 35.8 Å². The second-order valence-electron chi connectivity index (χ2n) is 4.03. The molecule has 2 rings (SSSR count). The van der Waals surface area contributed by atoms with Crippen molar-refractivity contribution in [3.05, 3.63) is 35.9 Å². The SMILES string of the molecule is CC1(Cc2ccccc2)NC(C#N)CS1. The molecule has 2 nitrogen and oxygen atoms in total. The summed E-state index contributed by atoms with van der Waals surface area (Å²) in [5.41, 5.74) is 1.32. The average molecular weight is 218 g/mol. The predicted octanol–water partition coefficient (Wildman–Crippen LogP) is 2.17. The third-order valence-corrected chi connectivity index (χ3v) is 3.99. The van der Waals surface area contributed by atoms with E-state index in [2.05, 4.69) is 42.6 Å². The van der Waals surface area contributed by atoms with Gasteiger partial charge in [0.25, 0.3) is 0 Å². The van der Waals surface area contributed by atoms with Gasteiger partial charge in [0.1, 0.15) is 6.04 Å². The monoisotopic (exact) mass is 218 g/mol. The van der Waals surface area contributed by atoms with Crippen LogP contribution in [-0.2, 0) is 6.42 Å². The van der Waals surface area contributed by atoms with Gasteiger partial charge in [0.2, 0.25) is 0 Å². The molecule has 0 bridgehead atoms. The Morgan fingerprint density at radius 3 is 2.87 bits per heavy atom. The van der Waals surface area contributed by atoms with Crippen LogP contribution in [0.25, 0.3) is 0 Å². The van der Waals surface area contributed by atoms with Crippen LogP contribution in [-0.4, -0.2) is 16.7 Å². The van der Waals surface area contributed by atoms with E-state index in [9.17, 15) is 0 Å². The second-order valence-corrected chi connectivity index (χ2v) is 5.55. The van der Waals surface area contributed by atoms with E-state index in [-0.39, 0.29) is 10.9 Å². The van der Waals surface area contributed by atoms with Crippen molar-refractivity contribution >= 4 is 11.8 Å². The standard InChI is InChI=1S/C12H14N2S/c1-12(14-11(8-13)9-15-12)7-10-5-3-2-4-6-10/h2-6,11,14H,7,9H2,1H3. The van der Waals surface area contributed by atoms with Gasteiger partial charge in [-0.2, -0.15) is 5.26 Å². The van der Waals surface area contributed by atoms with E-state index >= 15 is 0 Å². The molecule has 1 aromatic carbocycles. The predicted molar refractivity (Wildman–Crippen MR) is 63.5 cm³/mol. The molecule has 2 unspecified atom stereocenters. The molecule has 1 aliphatic rings. The summed E-state index contributed by atoms with van der Waals surface area (Å²) in [6, 6.07) is 12.7. The largest absolute Gasteiger partial charge is 0.287 e. The van der Waals surface area contributed by atoms with Crippen LogP contribution in [0, 0.1) is 11.3 Å². The van der Waals surface area contributed by atoms with Crippen LogP contribution in [0.5, 0.6) is 0 Å². The highest BCUT2D eigenvalue weighted by Crippen LogP contribution is 2.32. The average Bonchev–Trinajstić information content (AvgIpc) is 2.61. The number of hydrogen-bond acceptors (Lipinski definition) is 3. The van der Waals surface area contributed by atoms with Gasteiger partial charge in [-0.05, 0) is 18.9 Å². The van der Waals surface area contributed by atoms with Crippen molar-refractivity contribution in [2.45, 2.75) is 24.3 Å². The molecule has 1 fully saturated rings. The molecule has 0 saturated carbocycles. The Labute approximate surface area is 94.7 Å². The van der Waals surface area contributed by atoms with Crippen molar-refractivity contribution in [1.29, 1.82) is 5.26 Å². The van der Waals surface area contributed by atoms with E-state index in [0.29, 0.717) is 0 Å². The van der Waals surface area contributed by atoms with Gasteiger partial charge in [0.15, 0.2) is 0 Å². The molecule has 1 heterocycles. The van der Waals surface area contributed by atoms with E-state index in [1.807, 2.05) is 17.8 Å². The van der Waals surface area contributed by atoms with Crippen LogP contribution in [0.3, 0.4) is 0 Å². The first kappa shape index (κ1) is 10.5. The summed E-state index contributed by atoms with van der Waals surface area (Å²) in [5.74, 6) is 0.889. The van der Waals surface area contributed by atoms with Crippen molar-refractivity contribution in [3.63, 3.8) is 0 Å². The minimum Gasteiger partial charge on any atom is -0.287 e. The number of nitrogens with zero attached hydrogens (tertiary/aromatic N) is 1. The Hall–Kier alpha value is -0.980. The van der Waals surface area contributed by atoms with Crippen LogP contribution >= 0.6 is 11.8 Å². The Morgan fingerprint density at radius 1 is 1.53 bits per heavy atom. The molecule has 1 aromatic rings. The van der Waals surface area contributed by atoms with Crippen LogP contribution in [0.15, 0.2) is 30.3 Å². The lowest BCUT2D eigenvalue weighted by Crippen LogP contribution is -2.40. The lowest BCUT2D eigenvalue weighted by Gasteiger charge is -2.23. The van der Waals surface area contributed by atoms with Gasteiger partial charge < -0.3 is 0 Å². The number of benzene rings is 1. The molecular formula is C12H14N2S. The van der Waals surface area contributed by atoms with E-state index in [1.54, 1.807) is 0 Å². The number of nitriles is 1. The molecular weight excluding hydrogens is 204 g/mol. The summed E-state index contributed by atoms with van der Waals surface area (Å²) < 4.78 is 0. The van der Waals surface area contributed by atoms with Gasteiger partial charge in [-0.15, -0.1) is 11.8 Å². The molecule has 2 atom stereocenters. The Kier molecular flexibility index (Phi) is 2.99. The minimum absolute atomic E-state index is 0.00344. The summed E-state index contributed by atoms with van der Waals surface area (Å²) >= 11 is 1.84. The lowest BCUT2D eigenvalue weighted by molar-refractivity contribution is 0.507. The zero-order valence-electron chi connectivity index (χ0n) is 8.73. The molecule has 15 heavy (non-hydrogen) atoms. The third kappa shape index (κ3) is 2.53. The zero-order valence-corrected chi connectivity index (χ0v) is 9.55. The Balaban J connectivity index is 2.04. The fourth-order valence-electron chi connectivity index (χ4n) is 1.88. The number of hydrogen-bond donors (Lipinski definition) is 1. The number of thioether (sulfide) groups is 1. The van der Waals surface area contributed by atoms with Crippen molar-refractivity contribution in [2.24, 2.45) is 0 Å². The van der Waals surface area contributed by atoms with Gasteiger partial charge in [-0.3, -0.25) is 5.32 Å². The fraction of sp³-hybridized carbons (Fsp3) is 0.417. The van der Waals surface area contributed by atoms with Crippen molar-refractivity contribution in [1.82, 2.24) is 5.32 Å². The summed E-state index contributed by atoms with van der Waals surface area (Å²) in [6.07, 6.45) is 0.969. The molecule has 0 aliphatic carbocycles. The maximum Gasteiger partial charge on any atom is 0.106 e. The maximum atomic E-state index is 8.84. The number of rotatable bonds is 2. The molecule has 3 heteroatoms. The molecule has 0 radical (unpaired) electrons. The van der Waals surface area contributed by atoms with E-state index < -0.39 is 0 Å². The van der Waals surface area contributed by atoms with Gasteiger partial charge in [0, 0.05) is 5.75 Å². The van der Waals surface area contributed by atoms with Gasteiger partial charge in [0.05, 0.1) is 10.9 Å². The smallest absolute Gasteiger partial charge is 0.106 e. The lowest BCUT2D eigenvalue weighted by atomic mass is 10.1. The van der Waals surface area contributed by atoms with Crippen molar-refractivity contribution in [2.75, 3.05) is 5.75 Å². The van der Waals surface area contributed by atoms with Gasteiger partial charge in [-0.1, -0.05) is 30.3 Å². The van der Waals surface area contributed by atoms with E-state index in [4.69, 9.17) is 5.26 Å². The molecule has 0 spiro atoms. The summed E-state index contributed by atoms with van der Waals surface area (Å²) in [4.78, 5) is 0.0156. The molecule has 1 N–H and O–H groups in total. The Bertz CT molecular complexity index is 371. The minimum atomic E-state index is 0.00344. The molecule has 1 saturated heterocycles. The first-order chi connectivity index (χ1) is 7.22. The van der Waals surface area contributed by atoms with Gasteiger partial charge in [-0.25, -0.2) is 0 Å². The molecule has 78 valence electrons. The highest BCUT2D eigenvalue weighted by atomic mass is 32.2. The summed E-state index contributed by atoms with van der Waals surface area (Å²) in [5, 5.41) is 12.2. The highest BCUT2D eigenvalue weighted by molar-refractivity contribution is 8.00. The van der Waals surface area contributed by atoms with Crippen LogP contribution in [0.4, 0.5) is 0 Å². The van der Waals surface area contributed by atoms with E-state index in [1.165, 1.54) is 5.56 Å². The molecule has 1 aliphatic heterocycles. The van der Waals surface area contributed by atoms with Crippen molar-refractivity contribution < 1.29 is 0 Å². The molecule has 0 amide bonds. The highest BCUT2D eigenvalue weighted by Gasteiger charge is 2.34.